The first-order valence-electron chi connectivity index (χ1n) is 12.4. The Labute approximate surface area is 236 Å². The SMILES string of the molecule is COc1ccc2c(c1)O[C@H](COc1cc(Cl)c(C(=O)Nc3cc(C)cc(C4(C(=O)O)CC4)c3)c(Cl)c1)CN2C. The summed E-state index contributed by atoms with van der Waals surface area (Å²) in [6.07, 6.45) is 0.883. The van der Waals surface area contributed by atoms with E-state index in [1.807, 2.05) is 38.2 Å². The molecule has 3 aromatic carbocycles. The number of aryl methyl sites for hydroxylation is 1. The Morgan fingerprint density at radius 1 is 1.10 bits per heavy atom. The molecule has 1 atom stereocenters. The van der Waals surface area contributed by atoms with Gasteiger partial charge < -0.3 is 29.5 Å². The van der Waals surface area contributed by atoms with Gasteiger partial charge in [-0.1, -0.05) is 29.3 Å². The average molecular weight is 571 g/mol. The van der Waals surface area contributed by atoms with Crippen LogP contribution in [0.3, 0.4) is 0 Å². The number of ether oxygens (including phenoxy) is 3. The smallest absolute Gasteiger partial charge is 0.314 e. The lowest BCUT2D eigenvalue weighted by molar-refractivity contribution is -0.140. The molecule has 204 valence electrons. The van der Waals surface area contributed by atoms with Crippen molar-refractivity contribution in [3.8, 4) is 17.2 Å². The molecule has 1 heterocycles. The molecule has 0 unspecified atom stereocenters. The molecule has 0 saturated heterocycles. The van der Waals surface area contributed by atoms with Crippen LogP contribution in [-0.2, 0) is 10.2 Å². The highest BCUT2D eigenvalue weighted by atomic mass is 35.5. The lowest BCUT2D eigenvalue weighted by Crippen LogP contribution is -2.41. The molecule has 0 aromatic heterocycles. The van der Waals surface area contributed by atoms with Gasteiger partial charge in [0.15, 0.2) is 0 Å². The van der Waals surface area contributed by atoms with Crippen molar-refractivity contribution in [2.45, 2.75) is 31.3 Å². The molecule has 1 fully saturated rings. The van der Waals surface area contributed by atoms with Crippen molar-refractivity contribution in [3.63, 3.8) is 0 Å². The maximum atomic E-state index is 13.1. The van der Waals surface area contributed by atoms with E-state index in [-0.39, 0.29) is 28.3 Å². The number of fused-ring (bicyclic) bond motifs is 1. The van der Waals surface area contributed by atoms with Gasteiger partial charge in [-0.25, -0.2) is 0 Å². The van der Waals surface area contributed by atoms with Gasteiger partial charge in [0, 0.05) is 18.8 Å². The van der Waals surface area contributed by atoms with Crippen LogP contribution in [0.25, 0.3) is 0 Å². The number of nitrogens with one attached hydrogen (secondary N) is 1. The van der Waals surface area contributed by atoms with Gasteiger partial charge in [0.1, 0.15) is 30.0 Å². The van der Waals surface area contributed by atoms with E-state index in [1.165, 1.54) is 12.1 Å². The van der Waals surface area contributed by atoms with E-state index in [4.69, 9.17) is 37.4 Å². The maximum Gasteiger partial charge on any atom is 0.314 e. The second-order valence-electron chi connectivity index (χ2n) is 9.96. The van der Waals surface area contributed by atoms with Crippen LogP contribution < -0.4 is 24.4 Å². The molecule has 0 spiro atoms. The summed E-state index contributed by atoms with van der Waals surface area (Å²) >= 11 is 12.9. The van der Waals surface area contributed by atoms with E-state index in [1.54, 1.807) is 19.2 Å². The number of amides is 1. The van der Waals surface area contributed by atoms with Crippen molar-refractivity contribution in [1.29, 1.82) is 0 Å². The number of aliphatic carboxylic acids is 1. The lowest BCUT2D eigenvalue weighted by atomic mass is 9.94. The molecule has 1 aliphatic carbocycles. The van der Waals surface area contributed by atoms with E-state index in [0.29, 0.717) is 47.9 Å². The molecule has 0 radical (unpaired) electrons. The fraction of sp³-hybridized carbons (Fsp3) is 0.310. The molecule has 1 saturated carbocycles. The van der Waals surface area contributed by atoms with Crippen molar-refractivity contribution in [2.75, 3.05) is 37.5 Å². The number of carboxylic acids is 1. The second-order valence-corrected chi connectivity index (χ2v) is 10.8. The molecule has 2 aliphatic rings. The summed E-state index contributed by atoms with van der Waals surface area (Å²) in [7, 11) is 3.58. The number of likely N-dealkylation sites (N-methyl/N-ethyl adjacent to an activating group) is 1. The van der Waals surface area contributed by atoms with Gasteiger partial charge >= 0.3 is 5.97 Å². The number of benzene rings is 3. The third-order valence-electron chi connectivity index (χ3n) is 7.08. The highest BCUT2D eigenvalue weighted by molar-refractivity contribution is 6.40. The first-order chi connectivity index (χ1) is 18.6. The third kappa shape index (κ3) is 5.44. The summed E-state index contributed by atoms with van der Waals surface area (Å²) in [4.78, 5) is 27.0. The largest absolute Gasteiger partial charge is 0.497 e. The van der Waals surface area contributed by atoms with Crippen LogP contribution in [-0.4, -0.2) is 50.4 Å². The van der Waals surface area contributed by atoms with Crippen LogP contribution in [0, 0.1) is 6.92 Å². The van der Waals surface area contributed by atoms with E-state index in [9.17, 15) is 14.7 Å². The number of carboxylic acid groups (broad SMARTS) is 1. The fourth-order valence-electron chi connectivity index (χ4n) is 4.85. The Hall–Kier alpha value is -3.62. The van der Waals surface area contributed by atoms with Gasteiger partial charge in [-0.3, -0.25) is 9.59 Å². The summed E-state index contributed by atoms with van der Waals surface area (Å²) in [5.41, 5.74) is 2.17. The summed E-state index contributed by atoms with van der Waals surface area (Å²) < 4.78 is 17.3. The van der Waals surface area contributed by atoms with E-state index in [0.717, 1.165) is 11.3 Å². The van der Waals surface area contributed by atoms with Crippen LogP contribution in [0.1, 0.15) is 34.3 Å². The summed E-state index contributed by atoms with van der Waals surface area (Å²) in [6.45, 7) is 2.70. The number of carbonyl (C=O) groups is 2. The van der Waals surface area contributed by atoms with Gasteiger partial charge in [0.05, 0.1) is 40.4 Å². The first-order valence-corrected chi connectivity index (χ1v) is 13.2. The average Bonchev–Trinajstić information content (AvgIpc) is 3.69. The number of methoxy groups -OCH3 is 1. The fourth-order valence-corrected chi connectivity index (χ4v) is 5.49. The van der Waals surface area contributed by atoms with Crippen molar-refractivity contribution in [2.24, 2.45) is 0 Å². The number of anilines is 2. The number of hydrogen-bond acceptors (Lipinski definition) is 6. The highest BCUT2D eigenvalue weighted by Crippen LogP contribution is 2.49. The molecular weight excluding hydrogens is 543 g/mol. The molecule has 1 amide bonds. The van der Waals surface area contributed by atoms with Crippen molar-refractivity contribution >= 4 is 46.5 Å². The number of carbonyl (C=O) groups excluding carboxylic acids is 1. The Kier molecular flexibility index (Phi) is 7.27. The Balaban J connectivity index is 1.27. The van der Waals surface area contributed by atoms with Gasteiger partial charge in [-0.2, -0.15) is 0 Å². The standard InChI is InChI=1S/C29H28Cl2N2O6/c1-16-8-17(29(6-7-29)28(35)36)10-18(9-16)32-27(34)26-22(30)11-20(12-23(26)31)38-15-21-14-33(2)24-5-4-19(37-3)13-25(24)39-21/h4-5,8-13,21H,6-7,14-15H2,1-3H3,(H,32,34)(H,35,36)/t21-/m0/s1. The quantitative estimate of drug-likeness (QED) is 0.345. The molecular formula is C29H28Cl2N2O6. The lowest BCUT2D eigenvalue weighted by Gasteiger charge is -2.33. The summed E-state index contributed by atoms with van der Waals surface area (Å²) in [6, 6.07) is 14.0. The van der Waals surface area contributed by atoms with Crippen molar-refractivity contribution in [3.05, 3.63) is 75.3 Å². The van der Waals surface area contributed by atoms with Crippen molar-refractivity contribution in [1.82, 2.24) is 0 Å². The predicted octanol–water partition coefficient (Wildman–Crippen LogP) is 5.96. The molecule has 1 aliphatic heterocycles. The van der Waals surface area contributed by atoms with E-state index < -0.39 is 17.3 Å². The number of hydrogen-bond donors (Lipinski definition) is 2. The van der Waals surface area contributed by atoms with Gasteiger partial charge in [0.2, 0.25) is 0 Å². The molecule has 8 nitrogen and oxygen atoms in total. The third-order valence-corrected chi connectivity index (χ3v) is 7.67. The highest BCUT2D eigenvalue weighted by Gasteiger charge is 2.51. The zero-order chi connectivity index (χ0) is 27.9. The second kappa shape index (κ2) is 10.5. The molecule has 2 N–H and O–H groups in total. The minimum atomic E-state index is -0.884. The minimum absolute atomic E-state index is 0.0998. The minimum Gasteiger partial charge on any atom is -0.497 e. The van der Waals surface area contributed by atoms with Gasteiger partial charge in [0.25, 0.3) is 5.91 Å². The normalized spacial score (nSPS) is 17.1. The Morgan fingerprint density at radius 2 is 1.82 bits per heavy atom. The number of rotatable bonds is 8. The summed E-state index contributed by atoms with van der Waals surface area (Å²) in [5, 5.41) is 12.7. The predicted molar refractivity (Wildman–Crippen MR) is 150 cm³/mol. The molecule has 3 aromatic rings. The topological polar surface area (TPSA) is 97.3 Å². The first kappa shape index (κ1) is 27.0. The maximum absolute atomic E-state index is 13.1. The van der Waals surface area contributed by atoms with Crippen LogP contribution in [0.5, 0.6) is 17.2 Å². The van der Waals surface area contributed by atoms with Gasteiger partial charge in [-0.15, -0.1) is 0 Å². The van der Waals surface area contributed by atoms with Crippen LogP contribution in [0.15, 0.2) is 48.5 Å². The monoisotopic (exact) mass is 570 g/mol. The summed E-state index contributed by atoms with van der Waals surface area (Å²) in [5.74, 6) is 0.443. The number of halogens is 2. The Morgan fingerprint density at radius 3 is 2.46 bits per heavy atom. The zero-order valence-electron chi connectivity index (χ0n) is 21.7. The van der Waals surface area contributed by atoms with Crippen molar-refractivity contribution < 1.29 is 28.9 Å². The number of nitrogens with zero attached hydrogens (tertiary/aromatic N) is 1. The molecule has 10 heteroatoms. The van der Waals surface area contributed by atoms with Gasteiger partial charge in [-0.05, 0) is 67.3 Å². The van der Waals surface area contributed by atoms with Crippen LogP contribution >= 0.6 is 23.2 Å². The molecule has 5 rings (SSSR count). The zero-order valence-corrected chi connectivity index (χ0v) is 23.2. The van der Waals surface area contributed by atoms with Crippen LogP contribution in [0.2, 0.25) is 10.0 Å². The van der Waals surface area contributed by atoms with E-state index in [2.05, 4.69) is 10.2 Å². The molecule has 39 heavy (non-hydrogen) atoms. The van der Waals surface area contributed by atoms with E-state index >= 15 is 0 Å². The van der Waals surface area contributed by atoms with Crippen LogP contribution in [0.4, 0.5) is 11.4 Å². The Bertz CT molecular complexity index is 1430. The molecule has 0 bridgehead atoms.